The zero-order valence-corrected chi connectivity index (χ0v) is 11.7. The van der Waals surface area contributed by atoms with Crippen molar-refractivity contribution < 1.29 is 14.3 Å². The highest BCUT2D eigenvalue weighted by Gasteiger charge is 2.32. The van der Waals surface area contributed by atoms with Crippen molar-refractivity contribution in [2.75, 3.05) is 19.6 Å². The van der Waals surface area contributed by atoms with Crippen LogP contribution in [0.25, 0.3) is 0 Å². The maximum absolute atomic E-state index is 11.7. The van der Waals surface area contributed by atoms with E-state index in [1.54, 1.807) is 4.90 Å². The summed E-state index contributed by atoms with van der Waals surface area (Å²) in [6.45, 7) is 5.01. The number of primary amides is 1. The normalized spacial score (nSPS) is 14.6. The lowest BCUT2D eigenvalue weighted by Gasteiger charge is -2.39. The van der Waals surface area contributed by atoms with Gasteiger partial charge in [0.05, 0.1) is 19.6 Å². The number of likely N-dealkylation sites (tertiary alicyclic amines) is 1. The van der Waals surface area contributed by atoms with Crippen molar-refractivity contribution in [2.24, 2.45) is 5.73 Å². The molecule has 1 aromatic carbocycles. The predicted octanol–water partition coefficient (Wildman–Crippen LogP) is 0.561. The number of benzene rings is 1. The number of hydrogen-bond acceptors (Lipinski definition) is 3. The number of amides is 3. The van der Waals surface area contributed by atoms with Crippen molar-refractivity contribution in [3.8, 4) is 5.75 Å². The molecule has 1 aliphatic rings. The second-order valence-electron chi connectivity index (χ2n) is 4.98. The topological polar surface area (TPSA) is 84.7 Å². The first kappa shape index (κ1) is 14.2. The molecular formula is C14H19N3O3. The van der Waals surface area contributed by atoms with Crippen LogP contribution >= 0.6 is 0 Å². The number of ether oxygens (including phenoxy) is 1. The molecule has 1 heterocycles. The molecule has 3 N–H and O–H groups in total. The van der Waals surface area contributed by atoms with Crippen molar-refractivity contribution in [1.82, 2.24) is 10.2 Å². The molecule has 6 heteroatoms. The van der Waals surface area contributed by atoms with E-state index < -0.39 is 6.03 Å². The lowest BCUT2D eigenvalue weighted by atomic mass is 10.1. The molecule has 0 atom stereocenters. The minimum absolute atomic E-state index is 0.00679. The molecule has 1 fully saturated rings. The van der Waals surface area contributed by atoms with Crippen LogP contribution < -0.4 is 15.8 Å². The van der Waals surface area contributed by atoms with E-state index in [0.717, 1.165) is 16.9 Å². The molecule has 0 aromatic heterocycles. The lowest BCUT2D eigenvalue weighted by molar-refractivity contribution is -0.138. The van der Waals surface area contributed by atoms with Gasteiger partial charge in [0.15, 0.2) is 0 Å². The SMILES string of the molecule is Cc1cccc(C)c1OC1CN(C(=O)CNC(N)=O)C1. The van der Waals surface area contributed by atoms with Crippen molar-refractivity contribution in [3.63, 3.8) is 0 Å². The number of urea groups is 1. The van der Waals surface area contributed by atoms with Crippen LogP contribution in [0.15, 0.2) is 18.2 Å². The van der Waals surface area contributed by atoms with Gasteiger partial charge < -0.3 is 20.7 Å². The molecule has 6 nitrogen and oxygen atoms in total. The first-order valence-corrected chi connectivity index (χ1v) is 6.51. The van der Waals surface area contributed by atoms with Gasteiger partial charge in [-0.1, -0.05) is 18.2 Å². The second-order valence-corrected chi connectivity index (χ2v) is 4.98. The van der Waals surface area contributed by atoms with Gasteiger partial charge in [0, 0.05) is 0 Å². The minimum atomic E-state index is -0.692. The van der Waals surface area contributed by atoms with Gasteiger partial charge in [-0.2, -0.15) is 0 Å². The van der Waals surface area contributed by atoms with Crippen LogP contribution in [0.3, 0.4) is 0 Å². The Labute approximate surface area is 117 Å². The predicted molar refractivity (Wildman–Crippen MR) is 74.5 cm³/mol. The zero-order valence-electron chi connectivity index (χ0n) is 11.7. The van der Waals surface area contributed by atoms with Crippen LogP contribution in [0.1, 0.15) is 11.1 Å². The Morgan fingerprint density at radius 2 is 1.95 bits per heavy atom. The number of hydrogen-bond donors (Lipinski definition) is 2. The van der Waals surface area contributed by atoms with Crippen molar-refractivity contribution in [1.29, 1.82) is 0 Å². The summed E-state index contributed by atoms with van der Waals surface area (Å²) < 4.78 is 5.91. The molecule has 1 saturated heterocycles. The number of carbonyl (C=O) groups excluding carboxylic acids is 2. The molecule has 0 unspecified atom stereocenters. The average molecular weight is 277 g/mol. The molecule has 1 aliphatic heterocycles. The van der Waals surface area contributed by atoms with Crippen LogP contribution in [-0.4, -0.2) is 42.6 Å². The van der Waals surface area contributed by atoms with Crippen molar-refractivity contribution in [3.05, 3.63) is 29.3 Å². The summed E-state index contributed by atoms with van der Waals surface area (Å²) >= 11 is 0. The van der Waals surface area contributed by atoms with Crippen LogP contribution in [0, 0.1) is 13.8 Å². The van der Waals surface area contributed by atoms with Gasteiger partial charge in [-0.05, 0) is 25.0 Å². The summed E-state index contributed by atoms with van der Waals surface area (Å²) in [4.78, 5) is 23.8. The fourth-order valence-electron chi connectivity index (χ4n) is 2.14. The Balaban J connectivity index is 1.82. The Bertz CT molecular complexity index is 504. The van der Waals surface area contributed by atoms with Crippen LogP contribution in [-0.2, 0) is 4.79 Å². The summed E-state index contributed by atoms with van der Waals surface area (Å²) in [5.74, 6) is 0.741. The quantitative estimate of drug-likeness (QED) is 0.843. The highest BCUT2D eigenvalue weighted by atomic mass is 16.5. The molecule has 3 amide bonds. The number of rotatable bonds is 4. The van der Waals surface area contributed by atoms with Crippen molar-refractivity contribution >= 4 is 11.9 Å². The molecule has 0 radical (unpaired) electrons. The second kappa shape index (κ2) is 5.81. The third kappa shape index (κ3) is 3.20. The fourth-order valence-corrected chi connectivity index (χ4v) is 2.14. The summed E-state index contributed by atoms with van der Waals surface area (Å²) in [6, 6.07) is 5.30. The Kier molecular flexibility index (Phi) is 4.12. The third-order valence-electron chi connectivity index (χ3n) is 3.31. The minimum Gasteiger partial charge on any atom is -0.486 e. The highest BCUT2D eigenvalue weighted by molar-refractivity contribution is 5.83. The lowest BCUT2D eigenvalue weighted by Crippen LogP contribution is -2.58. The van der Waals surface area contributed by atoms with E-state index in [0.29, 0.717) is 13.1 Å². The number of aryl methyl sites for hydroxylation is 2. The number of nitrogens with one attached hydrogen (secondary N) is 1. The fraction of sp³-hybridized carbons (Fsp3) is 0.429. The van der Waals surface area contributed by atoms with Gasteiger partial charge in [0.2, 0.25) is 5.91 Å². The smallest absolute Gasteiger partial charge is 0.312 e. The van der Waals surface area contributed by atoms with E-state index in [4.69, 9.17) is 10.5 Å². The molecule has 2 rings (SSSR count). The van der Waals surface area contributed by atoms with Crippen LogP contribution in [0.2, 0.25) is 0 Å². The van der Waals surface area contributed by atoms with Crippen molar-refractivity contribution in [2.45, 2.75) is 20.0 Å². The van der Waals surface area contributed by atoms with Gasteiger partial charge in [-0.3, -0.25) is 4.79 Å². The maximum Gasteiger partial charge on any atom is 0.312 e. The van der Waals surface area contributed by atoms with E-state index in [2.05, 4.69) is 5.32 Å². The molecule has 0 bridgehead atoms. The van der Waals surface area contributed by atoms with E-state index in [1.807, 2.05) is 32.0 Å². The van der Waals surface area contributed by atoms with Gasteiger partial charge in [0.1, 0.15) is 11.9 Å². The first-order valence-electron chi connectivity index (χ1n) is 6.51. The zero-order chi connectivity index (χ0) is 14.7. The number of nitrogens with two attached hydrogens (primary N) is 1. The molecule has 20 heavy (non-hydrogen) atoms. The van der Waals surface area contributed by atoms with Gasteiger partial charge in [-0.25, -0.2) is 4.79 Å². The molecule has 0 aliphatic carbocycles. The van der Waals surface area contributed by atoms with E-state index in [-0.39, 0.29) is 18.6 Å². The molecular weight excluding hydrogens is 258 g/mol. The first-order chi connectivity index (χ1) is 9.47. The number of para-hydroxylation sites is 1. The van der Waals surface area contributed by atoms with Gasteiger partial charge in [-0.15, -0.1) is 0 Å². The van der Waals surface area contributed by atoms with Crippen LogP contribution in [0.4, 0.5) is 4.79 Å². The Morgan fingerprint density at radius 1 is 1.35 bits per heavy atom. The molecule has 108 valence electrons. The van der Waals surface area contributed by atoms with E-state index >= 15 is 0 Å². The average Bonchev–Trinajstić information content (AvgIpc) is 2.33. The number of nitrogens with zero attached hydrogens (tertiary/aromatic N) is 1. The van der Waals surface area contributed by atoms with E-state index in [1.165, 1.54) is 0 Å². The highest BCUT2D eigenvalue weighted by Crippen LogP contribution is 2.25. The van der Waals surface area contributed by atoms with E-state index in [9.17, 15) is 9.59 Å². The summed E-state index contributed by atoms with van der Waals surface area (Å²) in [5, 5.41) is 2.28. The summed E-state index contributed by atoms with van der Waals surface area (Å²) in [6.07, 6.45) is 0.00679. The van der Waals surface area contributed by atoms with Crippen LogP contribution in [0.5, 0.6) is 5.75 Å². The molecule has 0 saturated carbocycles. The summed E-state index contributed by atoms with van der Waals surface area (Å²) in [5.41, 5.74) is 7.09. The van der Waals surface area contributed by atoms with Gasteiger partial charge in [0.25, 0.3) is 0 Å². The number of carbonyl (C=O) groups is 2. The monoisotopic (exact) mass is 277 g/mol. The maximum atomic E-state index is 11.7. The standard InChI is InChI=1S/C14H19N3O3/c1-9-4-3-5-10(2)13(9)20-11-7-17(8-11)12(18)6-16-14(15)19/h3-5,11H,6-8H2,1-2H3,(H3,15,16,19). The Hall–Kier alpha value is -2.24. The summed E-state index contributed by atoms with van der Waals surface area (Å²) in [7, 11) is 0. The largest absolute Gasteiger partial charge is 0.486 e. The molecule has 0 spiro atoms. The van der Waals surface area contributed by atoms with Gasteiger partial charge >= 0.3 is 6.03 Å². The molecule has 1 aromatic rings. The Morgan fingerprint density at radius 3 is 2.50 bits per heavy atom. The third-order valence-corrected chi connectivity index (χ3v) is 3.31.